The number of rotatable bonds is 3. The molecule has 7 heteroatoms. The molecular formula is C61H57N5OPt-2. The van der Waals surface area contributed by atoms with Crippen molar-refractivity contribution in [2.24, 2.45) is 7.05 Å². The second-order valence-corrected chi connectivity index (χ2v) is 22.9. The molecule has 2 aliphatic rings. The molecule has 0 bridgehead atoms. The first-order valence-electron chi connectivity index (χ1n) is 23.5. The van der Waals surface area contributed by atoms with Gasteiger partial charge >= 0.3 is 0 Å². The maximum Gasteiger partial charge on any atom is 0.242 e. The molecule has 3 aromatic heterocycles. The molecule has 4 heterocycles. The van der Waals surface area contributed by atoms with Crippen LogP contribution in [0.1, 0.15) is 133 Å². The average molecular weight is 1070 g/mol. The SMILES string of the molecule is C[n+]1[c-]n2c3c(cccc31)C1(c3ccc(Oc4[c-]c5c(cc4)c4ccccc4n5-c4cc(C#N)ccn4)[c-]c3-2)c2c(cc(C(C)(C)C)cc2C(C)(C)C)-c2cc(C(C)(C)C)cc(C(C)(C)C)c21.[Pt]. The van der Waals surface area contributed by atoms with Crippen molar-refractivity contribution in [1.29, 1.82) is 5.26 Å². The van der Waals surface area contributed by atoms with Crippen LogP contribution in [0.3, 0.4) is 0 Å². The standard InChI is InChI=1S/C61H57N5O.Pt/c1-57(2,3)37-28-43-44-29-38(58(4,5)6)31-48(60(10,11)12)55(44)61(54(43)47(30-37)59(7,8)9)45-24-22-40(33-52(45)65-35-64(13)50-20-16-18-46(61)56(50)65)67-39-21-23-42-41-17-14-15-19-49(41)66(51(42)32-39)53-27-36(34-62)25-26-63-53;/h14-31H,1-13H3;/q-2;. The van der Waals surface area contributed by atoms with Gasteiger partial charge in [-0.2, -0.15) is 17.4 Å². The molecule has 344 valence electrons. The van der Waals surface area contributed by atoms with Gasteiger partial charge in [-0.15, -0.1) is 35.2 Å². The summed E-state index contributed by atoms with van der Waals surface area (Å²) in [4.78, 5) is 4.71. The van der Waals surface area contributed by atoms with Gasteiger partial charge in [-0.05, 0) is 95.3 Å². The van der Waals surface area contributed by atoms with Crippen LogP contribution in [0.5, 0.6) is 11.5 Å². The number of benzene rings is 6. The Bertz CT molecular complexity index is 3540. The minimum atomic E-state index is -0.710. The minimum Gasteiger partial charge on any atom is -0.510 e. The van der Waals surface area contributed by atoms with Gasteiger partial charge < -0.3 is 18.4 Å². The van der Waals surface area contributed by atoms with E-state index in [1.54, 1.807) is 12.3 Å². The summed E-state index contributed by atoms with van der Waals surface area (Å²) in [5, 5.41) is 11.9. The summed E-state index contributed by atoms with van der Waals surface area (Å²) in [5.41, 5.74) is 17.3. The summed E-state index contributed by atoms with van der Waals surface area (Å²) in [5.74, 6) is 1.77. The van der Waals surface area contributed by atoms with Crippen LogP contribution < -0.4 is 9.30 Å². The third-order valence-corrected chi connectivity index (χ3v) is 14.3. The molecule has 68 heavy (non-hydrogen) atoms. The van der Waals surface area contributed by atoms with E-state index in [0.717, 1.165) is 44.1 Å². The number of aromatic nitrogens is 4. The van der Waals surface area contributed by atoms with E-state index in [4.69, 9.17) is 9.72 Å². The van der Waals surface area contributed by atoms with Crippen molar-refractivity contribution in [1.82, 2.24) is 14.1 Å². The minimum absolute atomic E-state index is 0. The molecule has 0 unspecified atom stereocenters. The van der Waals surface area contributed by atoms with Crippen molar-refractivity contribution in [3.63, 3.8) is 0 Å². The number of nitrogens with zero attached hydrogens (tertiary/aromatic N) is 5. The van der Waals surface area contributed by atoms with Crippen LogP contribution in [0.15, 0.2) is 109 Å². The number of para-hydroxylation sites is 2. The molecule has 0 fully saturated rings. The quantitative estimate of drug-likeness (QED) is 0.131. The second-order valence-electron chi connectivity index (χ2n) is 22.9. The van der Waals surface area contributed by atoms with E-state index in [1.165, 1.54) is 50.1 Å². The van der Waals surface area contributed by atoms with Crippen molar-refractivity contribution < 1.29 is 30.4 Å². The van der Waals surface area contributed by atoms with Gasteiger partial charge in [-0.25, -0.2) is 4.98 Å². The summed E-state index contributed by atoms with van der Waals surface area (Å²) in [6.07, 6.45) is 5.40. The third kappa shape index (κ3) is 6.59. The summed E-state index contributed by atoms with van der Waals surface area (Å²) >= 11 is 0. The van der Waals surface area contributed by atoms with Gasteiger partial charge in [0.1, 0.15) is 5.82 Å². The number of fused-ring (bicyclic) bond motifs is 12. The van der Waals surface area contributed by atoms with Gasteiger partial charge in [0.25, 0.3) is 0 Å². The monoisotopic (exact) mass is 1070 g/mol. The molecule has 6 nitrogen and oxygen atoms in total. The van der Waals surface area contributed by atoms with E-state index in [-0.39, 0.29) is 42.7 Å². The fourth-order valence-electron chi connectivity index (χ4n) is 11.0. The average Bonchev–Trinajstić information content (AvgIpc) is 3.89. The number of hydrogen-bond acceptors (Lipinski definition) is 3. The van der Waals surface area contributed by atoms with Gasteiger partial charge in [-0.3, -0.25) is 0 Å². The summed E-state index contributed by atoms with van der Waals surface area (Å²) in [6, 6.07) is 47.0. The first-order chi connectivity index (χ1) is 31.6. The van der Waals surface area contributed by atoms with Crippen LogP contribution in [-0.2, 0) is 55.2 Å². The van der Waals surface area contributed by atoms with Gasteiger partial charge in [0.2, 0.25) is 6.33 Å². The number of imidazole rings is 1. The molecule has 0 N–H and O–H groups in total. The summed E-state index contributed by atoms with van der Waals surface area (Å²) in [7, 11) is 2.09. The van der Waals surface area contributed by atoms with E-state index in [2.05, 4.69) is 201 Å². The molecule has 0 saturated heterocycles. The Kier molecular flexibility index (Phi) is 10.1. The van der Waals surface area contributed by atoms with Crippen molar-refractivity contribution in [2.45, 2.75) is 110 Å². The third-order valence-electron chi connectivity index (χ3n) is 14.3. The van der Waals surface area contributed by atoms with E-state index in [9.17, 15) is 5.26 Å². The van der Waals surface area contributed by atoms with Gasteiger partial charge in [0.15, 0.2) is 0 Å². The fourth-order valence-corrected chi connectivity index (χ4v) is 11.0. The van der Waals surface area contributed by atoms with Crippen molar-refractivity contribution in [2.75, 3.05) is 0 Å². The van der Waals surface area contributed by atoms with E-state index < -0.39 is 5.41 Å². The molecule has 0 radical (unpaired) electrons. The number of pyridine rings is 1. The number of ether oxygens (including phenoxy) is 1. The number of nitriles is 1. The van der Waals surface area contributed by atoms with E-state index in [1.807, 2.05) is 24.3 Å². The molecule has 1 spiro atoms. The maximum absolute atomic E-state index is 9.80. The first-order valence-corrected chi connectivity index (χ1v) is 23.5. The summed E-state index contributed by atoms with van der Waals surface area (Å²) < 4.78 is 13.3. The molecule has 11 rings (SSSR count). The van der Waals surface area contributed by atoms with Gasteiger partial charge in [0, 0.05) is 49.7 Å². The van der Waals surface area contributed by atoms with Gasteiger partial charge in [-0.1, -0.05) is 155 Å². The molecular weight excluding hydrogens is 1010 g/mol. The Hall–Kier alpha value is -6.28. The Morgan fingerprint density at radius 2 is 1.26 bits per heavy atom. The van der Waals surface area contributed by atoms with E-state index >= 15 is 0 Å². The van der Waals surface area contributed by atoms with Gasteiger partial charge in [0.05, 0.1) is 29.7 Å². The van der Waals surface area contributed by atoms with Crippen LogP contribution >= 0.6 is 0 Å². The number of hydrogen-bond donors (Lipinski definition) is 0. The Balaban J connectivity index is 0.00000539. The van der Waals surface area contributed by atoms with Crippen molar-refractivity contribution in [3.8, 4) is 40.2 Å². The molecule has 9 aromatic rings. The predicted molar refractivity (Wildman–Crippen MR) is 270 cm³/mol. The van der Waals surface area contributed by atoms with E-state index in [0.29, 0.717) is 22.9 Å². The molecule has 1 aliphatic heterocycles. The van der Waals surface area contributed by atoms with Crippen molar-refractivity contribution in [3.05, 3.63) is 178 Å². The van der Waals surface area contributed by atoms with Crippen LogP contribution in [0.25, 0.3) is 55.5 Å². The van der Waals surface area contributed by atoms with Crippen molar-refractivity contribution >= 4 is 32.8 Å². The first kappa shape index (κ1) is 45.5. The van der Waals surface area contributed by atoms with Crippen LogP contribution in [-0.4, -0.2) is 14.1 Å². The molecule has 0 amide bonds. The zero-order valence-electron chi connectivity index (χ0n) is 41.4. The zero-order chi connectivity index (χ0) is 47.3. The maximum atomic E-state index is 9.80. The van der Waals surface area contributed by atoms with Crippen LogP contribution in [0.2, 0.25) is 0 Å². The summed E-state index contributed by atoms with van der Waals surface area (Å²) in [6.45, 7) is 28.3. The molecule has 1 aliphatic carbocycles. The molecule has 0 atom stereocenters. The van der Waals surface area contributed by atoms with Crippen LogP contribution in [0, 0.1) is 29.8 Å². The smallest absolute Gasteiger partial charge is 0.242 e. The fraction of sp³-hybridized carbons (Fsp3) is 0.295. The Labute approximate surface area is 415 Å². The number of aryl methyl sites for hydroxylation is 1. The largest absolute Gasteiger partial charge is 0.510 e. The Morgan fingerprint density at radius 1 is 0.647 bits per heavy atom. The molecule has 0 saturated carbocycles. The predicted octanol–water partition coefficient (Wildman–Crippen LogP) is 13.9. The topological polar surface area (TPSA) is 59.6 Å². The van der Waals surface area contributed by atoms with Crippen LogP contribution in [0.4, 0.5) is 0 Å². The zero-order valence-corrected chi connectivity index (χ0v) is 43.6. The normalized spacial score (nSPS) is 13.9. The Morgan fingerprint density at radius 3 is 1.88 bits per heavy atom. The second kappa shape index (κ2) is 15.1. The molecule has 6 aromatic carbocycles.